The van der Waals surface area contributed by atoms with Crippen LogP contribution in [-0.4, -0.2) is 18.4 Å². The van der Waals surface area contributed by atoms with Crippen molar-refractivity contribution < 1.29 is 14.3 Å². The summed E-state index contributed by atoms with van der Waals surface area (Å²) in [6.45, 7) is 5.98. The third-order valence-corrected chi connectivity index (χ3v) is 5.36. The first-order valence-electron chi connectivity index (χ1n) is 8.89. The molecule has 0 aromatic carbocycles. The van der Waals surface area contributed by atoms with Gasteiger partial charge >= 0.3 is 5.97 Å². The van der Waals surface area contributed by atoms with Crippen LogP contribution in [0.15, 0.2) is 23.8 Å². The van der Waals surface area contributed by atoms with Gasteiger partial charge in [0.25, 0.3) is 0 Å². The molecule has 2 rings (SSSR count). The molecule has 4 unspecified atom stereocenters. The first-order valence-corrected chi connectivity index (χ1v) is 8.89. The van der Waals surface area contributed by atoms with Gasteiger partial charge in [-0.25, -0.2) is 0 Å². The molecule has 0 aliphatic heterocycles. The number of ether oxygens (including phenoxy) is 1. The van der Waals surface area contributed by atoms with Crippen molar-refractivity contribution in [2.45, 2.75) is 52.9 Å². The monoisotopic (exact) mass is 329 g/mol. The Balaban J connectivity index is 2.13. The fourth-order valence-corrected chi connectivity index (χ4v) is 3.78. The van der Waals surface area contributed by atoms with Crippen molar-refractivity contribution in [1.29, 1.82) is 5.26 Å². The fourth-order valence-electron chi connectivity index (χ4n) is 3.78. The van der Waals surface area contributed by atoms with Crippen molar-refractivity contribution in [3.8, 4) is 6.07 Å². The third-order valence-electron chi connectivity index (χ3n) is 5.36. The van der Waals surface area contributed by atoms with Crippen LogP contribution in [0.5, 0.6) is 0 Å². The molecular weight excluding hydrogens is 302 g/mol. The second-order valence-electron chi connectivity index (χ2n) is 7.16. The largest absolute Gasteiger partial charge is 0.466 e. The minimum Gasteiger partial charge on any atom is -0.466 e. The van der Waals surface area contributed by atoms with Gasteiger partial charge in [0.15, 0.2) is 0 Å². The minimum absolute atomic E-state index is 0.0959. The van der Waals surface area contributed by atoms with Crippen molar-refractivity contribution in [3.63, 3.8) is 0 Å². The van der Waals surface area contributed by atoms with E-state index in [-0.39, 0.29) is 29.5 Å². The average Bonchev–Trinajstić information content (AvgIpc) is 2.58. The normalized spacial score (nSPS) is 32.6. The van der Waals surface area contributed by atoms with E-state index in [0.29, 0.717) is 13.0 Å². The van der Waals surface area contributed by atoms with Crippen molar-refractivity contribution in [1.82, 2.24) is 0 Å². The number of allylic oxidation sites excluding steroid dienone is 4. The number of nitrogens with zero attached hydrogens (tertiary/aromatic N) is 1. The second-order valence-corrected chi connectivity index (χ2v) is 7.16. The molecule has 0 bridgehead atoms. The molecule has 1 saturated carbocycles. The van der Waals surface area contributed by atoms with E-state index in [1.54, 1.807) is 6.92 Å². The van der Waals surface area contributed by atoms with E-state index in [9.17, 15) is 14.9 Å². The van der Waals surface area contributed by atoms with Crippen molar-refractivity contribution in [2.75, 3.05) is 6.61 Å². The van der Waals surface area contributed by atoms with Gasteiger partial charge in [-0.2, -0.15) is 5.26 Å². The first-order chi connectivity index (χ1) is 11.4. The Hall–Kier alpha value is -1.89. The minimum atomic E-state index is -0.663. The maximum atomic E-state index is 12.9. The maximum Gasteiger partial charge on any atom is 0.309 e. The molecule has 0 spiro atoms. The van der Waals surface area contributed by atoms with Crippen molar-refractivity contribution >= 4 is 11.8 Å². The zero-order chi connectivity index (χ0) is 17.7. The van der Waals surface area contributed by atoms with Crippen LogP contribution in [-0.2, 0) is 14.3 Å². The van der Waals surface area contributed by atoms with Gasteiger partial charge in [0.05, 0.1) is 24.0 Å². The van der Waals surface area contributed by atoms with Crippen LogP contribution in [0.1, 0.15) is 52.9 Å². The molecule has 4 atom stereocenters. The first kappa shape index (κ1) is 18.4. The van der Waals surface area contributed by atoms with Gasteiger partial charge < -0.3 is 4.74 Å². The van der Waals surface area contributed by atoms with Gasteiger partial charge in [0.2, 0.25) is 0 Å². The Morgan fingerprint density at radius 2 is 2.00 bits per heavy atom. The van der Waals surface area contributed by atoms with Crippen molar-refractivity contribution in [2.24, 2.45) is 23.2 Å². The molecule has 0 heterocycles. The standard InChI is InChI=1S/C20H27NO3/c1-4-24-19(23)17-8-6-5-7-16(17)18(22)12-15-11-14(2)9-10-20(15,3)13-21/h9-11,15-17H,4-8,12H2,1-3H3. The number of nitriles is 1. The molecule has 24 heavy (non-hydrogen) atoms. The zero-order valence-corrected chi connectivity index (χ0v) is 14.9. The highest BCUT2D eigenvalue weighted by atomic mass is 16.5. The quantitative estimate of drug-likeness (QED) is 0.716. The lowest BCUT2D eigenvalue weighted by Gasteiger charge is -2.33. The number of carbonyl (C=O) groups excluding carboxylic acids is 2. The Morgan fingerprint density at radius 1 is 1.33 bits per heavy atom. The van der Waals surface area contributed by atoms with Gasteiger partial charge in [-0.1, -0.05) is 36.6 Å². The summed E-state index contributed by atoms with van der Waals surface area (Å²) in [5, 5.41) is 9.52. The number of Topliss-reactive ketones (excluding diaryl/α,β-unsaturated/α-hetero) is 1. The number of ketones is 1. The van der Waals surface area contributed by atoms with Gasteiger partial charge in [-0.15, -0.1) is 0 Å². The molecule has 0 amide bonds. The summed E-state index contributed by atoms with van der Waals surface area (Å²) in [6, 6.07) is 2.34. The maximum absolute atomic E-state index is 12.9. The van der Waals surface area contributed by atoms with Crippen LogP contribution < -0.4 is 0 Å². The molecule has 0 N–H and O–H groups in total. The van der Waals surface area contributed by atoms with E-state index in [2.05, 4.69) is 6.07 Å². The molecule has 1 fully saturated rings. The van der Waals surface area contributed by atoms with Crippen LogP contribution in [0.3, 0.4) is 0 Å². The lowest BCUT2D eigenvalue weighted by molar-refractivity contribution is -0.154. The van der Waals surface area contributed by atoms with Crippen molar-refractivity contribution in [3.05, 3.63) is 23.8 Å². The summed E-state index contributed by atoms with van der Waals surface area (Å²) in [4.78, 5) is 25.1. The number of esters is 1. The Morgan fingerprint density at radius 3 is 2.62 bits per heavy atom. The fraction of sp³-hybridized carbons (Fsp3) is 0.650. The summed E-state index contributed by atoms with van der Waals surface area (Å²) in [6.07, 6.45) is 9.57. The highest BCUT2D eigenvalue weighted by Gasteiger charge is 2.40. The number of hydrogen-bond acceptors (Lipinski definition) is 4. The highest BCUT2D eigenvalue weighted by Crippen LogP contribution is 2.39. The SMILES string of the molecule is CCOC(=O)C1CCCCC1C(=O)CC1C=C(C)C=CC1(C)C#N. The lowest BCUT2D eigenvalue weighted by Crippen LogP contribution is -2.36. The number of carbonyl (C=O) groups is 2. The van der Waals surface area contributed by atoms with Gasteiger partial charge in [0.1, 0.15) is 5.78 Å². The molecule has 0 saturated heterocycles. The Labute approximate surface area is 144 Å². The molecule has 130 valence electrons. The molecule has 4 nitrogen and oxygen atoms in total. The van der Waals surface area contributed by atoms with E-state index in [1.807, 2.05) is 32.1 Å². The van der Waals surface area contributed by atoms with E-state index in [4.69, 9.17) is 4.74 Å². The predicted octanol–water partition coefficient (Wildman–Crippen LogP) is 3.98. The van der Waals surface area contributed by atoms with E-state index >= 15 is 0 Å². The van der Waals surface area contributed by atoms with Crippen LogP contribution in [0.4, 0.5) is 0 Å². The lowest BCUT2D eigenvalue weighted by atomic mass is 9.68. The summed E-state index contributed by atoms with van der Waals surface area (Å²) >= 11 is 0. The van der Waals surface area contributed by atoms with Gasteiger partial charge in [0, 0.05) is 18.3 Å². The van der Waals surface area contributed by atoms with E-state index in [1.165, 1.54) is 0 Å². The molecule has 0 aromatic heterocycles. The summed E-state index contributed by atoms with van der Waals surface area (Å²) in [5.74, 6) is -0.860. The van der Waals surface area contributed by atoms with Gasteiger partial charge in [-0.3, -0.25) is 9.59 Å². The number of rotatable bonds is 5. The van der Waals surface area contributed by atoms with Gasteiger partial charge in [-0.05, 0) is 33.6 Å². The van der Waals surface area contributed by atoms with Crippen LogP contribution >= 0.6 is 0 Å². The molecular formula is C20H27NO3. The summed E-state index contributed by atoms with van der Waals surface area (Å²) < 4.78 is 5.16. The molecule has 2 aliphatic carbocycles. The molecule has 2 aliphatic rings. The predicted molar refractivity (Wildman–Crippen MR) is 91.8 cm³/mol. The smallest absolute Gasteiger partial charge is 0.309 e. The molecule has 4 heteroatoms. The average molecular weight is 329 g/mol. The second kappa shape index (κ2) is 7.79. The highest BCUT2D eigenvalue weighted by molar-refractivity contribution is 5.87. The summed E-state index contributed by atoms with van der Waals surface area (Å²) in [5.41, 5.74) is 0.412. The topological polar surface area (TPSA) is 67.2 Å². The van der Waals surface area contributed by atoms with E-state index < -0.39 is 5.41 Å². The van der Waals surface area contributed by atoms with Crippen LogP contribution in [0.2, 0.25) is 0 Å². The summed E-state index contributed by atoms with van der Waals surface area (Å²) in [7, 11) is 0. The van der Waals surface area contributed by atoms with Crippen LogP contribution in [0, 0.1) is 34.5 Å². The van der Waals surface area contributed by atoms with Crippen LogP contribution in [0.25, 0.3) is 0 Å². The Kier molecular flexibility index (Phi) is 5.99. The Bertz CT molecular complexity index is 598. The molecule has 0 aromatic rings. The molecule has 0 radical (unpaired) electrons. The third kappa shape index (κ3) is 3.95. The van der Waals surface area contributed by atoms with E-state index in [0.717, 1.165) is 31.3 Å². The zero-order valence-electron chi connectivity index (χ0n) is 14.9. The number of hydrogen-bond donors (Lipinski definition) is 0.